The molecule has 0 aliphatic heterocycles. The molecule has 0 unspecified atom stereocenters. The van der Waals surface area contributed by atoms with Crippen LogP contribution in [0, 0.1) is 0 Å². The van der Waals surface area contributed by atoms with Gasteiger partial charge in [0.15, 0.2) is 0 Å². The van der Waals surface area contributed by atoms with Crippen LogP contribution in [0.15, 0.2) is 106 Å². The van der Waals surface area contributed by atoms with E-state index in [9.17, 15) is 4.79 Å². The molecule has 0 aliphatic rings. The molecule has 2 heteroatoms. The van der Waals surface area contributed by atoms with Crippen LogP contribution in [0.3, 0.4) is 0 Å². The summed E-state index contributed by atoms with van der Waals surface area (Å²) < 4.78 is 5.91. The zero-order chi connectivity index (χ0) is 18.2. The predicted molar refractivity (Wildman–Crippen MR) is 111 cm³/mol. The summed E-state index contributed by atoms with van der Waals surface area (Å²) in [6, 6.07) is 31.9. The fraction of sp³-hybridized carbons (Fsp3) is 0. The highest BCUT2D eigenvalue weighted by molar-refractivity contribution is 6.13. The lowest BCUT2D eigenvalue weighted by Gasteiger charge is -2.13. The molecule has 128 valence electrons. The first-order chi connectivity index (χ1) is 13.3. The quantitative estimate of drug-likeness (QED) is 0.351. The predicted octanol–water partition coefficient (Wildman–Crippen LogP) is 6.28. The molecule has 0 saturated heterocycles. The molecule has 27 heavy (non-hydrogen) atoms. The summed E-state index contributed by atoms with van der Waals surface area (Å²) >= 11 is 0. The van der Waals surface area contributed by atoms with Gasteiger partial charge in [-0.2, -0.15) is 0 Å². The number of benzene rings is 4. The highest BCUT2D eigenvalue weighted by Gasteiger charge is 2.18. The zero-order valence-corrected chi connectivity index (χ0v) is 14.6. The lowest BCUT2D eigenvalue weighted by Crippen LogP contribution is -2.04. The van der Waals surface area contributed by atoms with Gasteiger partial charge in [-0.3, -0.25) is 0 Å². The minimum absolute atomic E-state index is 0.305. The van der Waals surface area contributed by atoms with Crippen LogP contribution in [0.1, 0.15) is 0 Å². The van der Waals surface area contributed by atoms with Gasteiger partial charge in [-0.15, -0.1) is 0 Å². The number of hydrogen-bond acceptors (Lipinski definition) is 2. The summed E-state index contributed by atoms with van der Waals surface area (Å²) in [6.45, 7) is 0. The van der Waals surface area contributed by atoms with E-state index in [-0.39, 0.29) is 5.63 Å². The van der Waals surface area contributed by atoms with Crippen LogP contribution < -0.4 is 5.63 Å². The Morgan fingerprint density at radius 2 is 1.19 bits per heavy atom. The third kappa shape index (κ3) is 2.54. The Labute approximate surface area is 156 Å². The number of fused-ring (bicyclic) bond motifs is 3. The summed E-state index contributed by atoms with van der Waals surface area (Å²) in [5.41, 5.74) is 2.56. The topological polar surface area (TPSA) is 30.2 Å². The Hall–Kier alpha value is -3.65. The van der Waals surface area contributed by atoms with Crippen molar-refractivity contribution in [1.82, 2.24) is 0 Å². The van der Waals surface area contributed by atoms with Gasteiger partial charge in [0.1, 0.15) is 5.76 Å². The van der Waals surface area contributed by atoms with Gasteiger partial charge in [0.05, 0.1) is 5.39 Å². The van der Waals surface area contributed by atoms with Crippen LogP contribution in [0.5, 0.6) is 0 Å². The van der Waals surface area contributed by atoms with Crippen LogP contribution in [0.2, 0.25) is 0 Å². The van der Waals surface area contributed by atoms with E-state index < -0.39 is 0 Å². The molecule has 5 rings (SSSR count). The molecule has 0 saturated carbocycles. The van der Waals surface area contributed by atoms with Crippen molar-refractivity contribution in [2.45, 2.75) is 0 Å². The Kier molecular flexibility index (Phi) is 3.61. The molecule has 0 N–H and O–H groups in total. The molecule has 0 atom stereocenters. The van der Waals surface area contributed by atoms with E-state index in [1.165, 1.54) is 0 Å². The van der Waals surface area contributed by atoms with Crippen molar-refractivity contribution < 1.29 is 4.42 Å². The molecular formula is C25H16O2. The Balaban J connectivity index is 1.99. The Bertz CT molecular complexity index is 1320. The van der Waals surface area contributed by atoms with E-state index in [0.29, 0.717) is 11.1 Å². The second kappa shape index (κ2) is 6.26. The largest absolute Gasteiger partial charge is 0.422 e. The van der Waals surface area contributed by atoms with Crippen molar-refractivity contribution in [1.29, 1.82) is 0 Å². The van der Waals surface area contributed by atoms with E-state index >= 15 is 0 Å². The highest BCUT2D eigenvalue weighted by Crippen LogP contribution is 2.38. The average molecular weight is 348 g/mol. The monoisotopic (exact) mass is 348 g/mol. The molecule has 0 bridgehead atoms. The first-order valence-corrected chi connectivity index (χ1v) is 8.92. The van der Waals surface area contributed by atoms with Gasteiger partial charge in [0, 0.05) is 16.5 Å². The smallest absolute Gasteiger partial charge is 0.344 e. The maximum absolute atomic E-state index is 13.0. The maximum atomic E-state index is 13.0. The molecule has 0 fully saturated rings. The first-order valence-electron chi connectivity index (χ1n) is 8.92. The molecule has 1 heterocycles. The van der Waals surface area contributed by atoms with Crippen molar-refractivity contribution >= 4 is 21.5 Å². The van der Waals surface area contributed by atoms with Crippen molar-refractivity contribution in [2.75, 3.05) is 0 Å². The molecule has 0 amide bonds. The third-order valence-electron chi connectivity index (χ3n) is 4.92. The van der Waals surface area contributed by atoms with E-state index in [2.05, 4.69) is 18.2 Å². The van der Waals surface area contributed by atoms with Crippen LogP contribution in [0.25, 0.3) is 44.0 Å². The average Bonchev–Trinajstić information content (AvgIpc) is 2.74. The van der Waals surface area contributed by atoms with Gasteiger partial charge >= 0.3 is 5.63 Å². The van der Waals surface area contributed by atoms with Crippen LogP contribution in [0.4, 0.5) is 0 Å². The van der Waals surface area contributed by atoms with Gasteiger partial charge in [-0.05, 0) is 16.3 Å². The molecule has 0 spiro atoms. The lowest BCUT2D eigenvalue weighted by molar-refractivity contribution is 0.536. The third-order valence-corrected chi connectivity index (χ3v) is 4.92. The molecule has 0 aliphatic carbocycles. The van der Waals surface area contributed by atoms with Gasteiger partial charge in [-0.1, -0.05) is 97.1 Å². The second-order valence-electron chi connectivity index (χ2n) is 6.53. The van der Waals surface area contributed by atoms with Crippen molar-refractivity contribution in [3.8, 4) is 22.5 Å². The van der Waals surface area contributed by atoms with E-state index in [0.717, 1.165) is 32.8 Å². The fourth-order valence-electron chi connectivity index (χ4n) is 3.70. The van der Waals surface area contributed by atoms with Crippen LogP contribution in [-0.2, 0) is 0 Å². The molecule has 2 nitrogen and oxygen atoms in total. The first kappa shape index (κ1) is 15.6. The van der Waals surface area contributed by atoms with Crippen molar-refractivity contribution in [2.24, 2.45) is 0 Å². The van der Waals surface area contributed by atoms with Gasteiger partial charge in [0.2, 0.25) is 0 Å². The normalized spacial score (nSPS) is 11.1. The van der Waals surface area contributed by atoms with E-state index in [1.807, 2.05) is 78.9 Å². The van der Waals surface area contributed by atoms with Gasteiger partial charge in [0.25, 0.3) is 0 Å². The number of rotatable bonds is 2. The second-order valence-corrected chi connectivity index (χ2v) is 6.53. The van der Waals surface area contributed by atoms with Crippen molar-refractivity contribution in [3.63, 3.8) is 0 Å². The summed E-state index contributed by atoms with van der Waals surface area (Å²) in [7, 11) is 0. The molecular weight excluding hydrogens is 332 g/mol. The minimum atomic E-state index is -0.305. The van der Waals surface area contributed by atoms with E-state index in [1.54, 1.807) is 0 Å². The van der Waals surface area contributed by atoms with E-state index in [4.69, 9.17) is 4.42 Å². The lowest BCUT2D eigenvalue weighted by atomic mass is 9.93. The van der Waals surface area contributed by atoms with Crippen LogP contribution in [-0.4, -0.2) is 0 Å². The standard InChI is InChI=1S/C25H16O2/c26-25-23-20-14-8-7-9-17(20)15-16-21(23)22(18-10-3-1-4-11-18)24(27-25)19-12-5-2-6-13-19/h1-16H. The summed E-state index contributed by atoms with van der Waals surface area (Å²) in [5.74, 6) is 0.606. The summed E-state index contributed by atoms with van der Waals surface area (Å²) in [5, 5.41) is 3.49. The molecule has 0 radical (unpaired) electrons. The molecule has 1 aromatic heterocycles. The minimum Gasteiger partial charge on any atom is -0.422 e. The Morgan fingerprint density at radius 3 is 1.93 bits per heavy atom. The fourth-order valence-corrected chi connectivity index (χ4v) is 3.70. The maximum Gasteiger partial charge on any atom is 0.344 e. The summed E-state index contributed by atoms with van der Waals surface area (Å²) in [6.07, 6.45) is 0. The van der Waals surface area contributed by atoms with Gasteiger partial charge < -0.3 is 4.42 Å². The summed E-state index contributed by atoms with van der Waals surface area (Å²) in [4.78, 5) is 13.0. The number of hydrogen-bond donors (Lipinski definition) is 0. The zero-order valence-electron chi connectivity index (χ0n) is 14.6. The highest BCUT2D eigenvalue weighted by atomic mass is 16.4. The molecule has 4 aromatic carbocycles. The molecule has 5 aromatic rings. The van der Waals surface area contributed by atoms with Crippen LogP contribution >= 0.6 is 0 Å². The van der Waals surface area contributed by atoms with Crippen molar-refractivity contribution in [3.05, 3.63) is 107 Å². The SMILES string of the molecule is O=c1oc(-c2ccccc2)c(-c2ccccc2)c2ccc3ccccc3c12. The Morgan fingerprint density at radius 1 is 0.556 bits per heavy atom. The van der Waals surface area contributed by atoms with Gasteiger partial charge in [-0.25, -0.2) is 4.79 Å².